The van der Waals surface area contributed by atoms with Crippen molar-refractivity contribution in [3.05, 3.63) is 56.5 Å². The van der Waals surface area contributed by atoms with Crippen LogP contribution in [-0.4, -0.2) is 20.0 Å². The predicted octanol–water partition coefficient (Wildman–Crippen LogP) is 0.382. The number of aryl methyl sites for hydroxylation is 1. The van der Waals surface area contributed by atoms with Crippen LogP contribution in [0.2, 0.25) is 0 Å². The van der Waals surface area contributed by atoms with Gasteiger partial charge in [-0.3, -0.25) is 14.2 Å². The first-order valence-electron chi connectivity index (χ1n) is 6.44. The second-order valence-corrected chi connectivity index (χ2v) is 5.02. The van der Waals surface area contributed by atoms with Crippen molar-refractivity contribution in [3.8, 4) is 5.82 Å². The van der Waals surface area contributed by atoms with E-state index in [9.17, 15) is 14.4 Å². The van der Waals surface area contributed by atoms with Crippen molar-refractivity contribution < 1.29 is 4.79 Å². The number of amides is 1. The van der Waals surface area contributed by atoms with Crippen molar-refractivity contribution in [3.63, 3.8) is 0 Å². The van der Waals surface area contributed by atoms with Crippen molar-refractivity contribution in [2.75, 3.05) is 0 Å². The van der Waals surface area contributed by atoms with Gasteiger partial charge in [0, 0.05) is 18.4 Å². The van der Waals surface area contributed by atoms with E-state index in [1.165, 1.54) is 17.0 Å². The average Bonchev–Trinajstić information content (AvgIpc) is 2.40. The lowest BCUT2D eigenvalue weighted by atomic mass is 10.3. The zero-order valence-corrected chi connectivity index (χ0v) is 12.0. The summed E-state index contributed by atoms with van der Waals surface area (Å²) in [5.41, 5.74) is 4.54. The number of carbonyl (C=O) groups excluding carboxylic acids is 1. The van der Waals surface area contributed by atoms with Crippen LogP contribution in [0.3, 0.4) is 0 Å². The van der Waals surface area contributed by atoms with Crippen molar-refractivity contribution in [1.82, 2.24) is 14.1 Å². The van der Waals surface area contributed by atoms with Gasteiger partial charge in [-0.05, 0) is 32.4 Å². The van der Waals surface area contributed by atoms with E-state index in [4.69, 9.17) is 5.73 Å². The van der Waals surface area contributed by atoms with Crippen LogP contribution in [0.5, 0.6) is 0 Å². The Labute approximate surface area is 120 Å². The SMILES string of the molecule is Cc1ccc(-n2c(=O)c(C(N)=O)cn(C(C)C)c2=O)nc1. The lowest BCUT2D eigenvalue weighted by molar-refractivity contribution is 0.0997. The summed E-state index contributed by atoms with van der Waals surface area (Å²) in [4.78, 5) is 40.2. The van der Waals surface area contributed by atoms with Crippen LogP contribution in [0.1, 0.15) is 35.8 Å². The first-order chi connectivity index (χ1) is 9.82. The van der Waals surface area contributed by atoms with Crippen LogP contribution < -0.4 is 17.0 Å². The molecular formula is C14H16N4O3. The zero-order valence-electron chi connectivity index (χ0n) is 12.0. The maximum atomic E-state index is 12.4. The third-order valence-electron chi connectivity index (χ3n) is 3.06. The molecule has 2 aromatic rings. The number of rotatable bonds is 3. The fourth-order valence-corrected chi connectivity index (χ4v) is 1.91. The van der Waals surface area contributed by atoms with Gasteiger partial charge >= 0.3 is 5.69 Å². The zero-order chi connectivity index (χ0) is 15.7. The number of primary amides is 1. The van der Waals surface area contributed by atoms with Crippen molar-refractivity contribution >= 4 is 5.91 Å². The fraction of sp³-hybridized carbons (Fsp3) is 0.286. The van der Waals surface area contributed by atoms with Gasteiger partial charge in [0.25, 0.3) is 11.5 Å². The first-order valence-corrected chi connectivity index (χ1v) is 6.44. The Hall–Kier alpha value is -2.70. The predicted molar refractivity (Wildman–Crippen MR) is 77.7 cm³/mol. The molecule has 0 aliphatic rings. The molecule has 0 bridgehead atoms. The van der Waals surface area contributed by atoms with E-state index in [1.807, 2.05) is 6.92 Å². The molecule has 0 atom stereocenters. The monoisotopic (exact) mass is 288 g/mol. The molecule has 0 fully saturated rings. The van der Waals surface area contributed by atoms with E-state index in [2.05, 4.69) is 4.98 Å². The minimum Gasteiger partial charge on any atom is -0.365 e. The van der Waals surface area contributed by atoms with Gasteiger partial charge in [0.15, 0.2) is 0 Å². The highest BCUT2D eigenvalue weighted by molar-refractivity contribution is 5.92. The highest BCUT2D eigenvalue weighted by atomic mass is 16.2. The Kier molecular flexibility index (Phi) is 3.75. The molecule has 0 saturated carbocycles. The quantitative estimate of drug-likeness (QED) is 0.882. The van der Waals surface area contributed by atoms with Gasteiger partial charge in [-0.2, -0.15) is 0 Å². The number of aromatic nitrogens is 3. The molecule has 7 heteroatoms. The number of hydrogen-bond acceptors (Lipinski definition) is 4. The van der Waals surface area contributed by atoms with E-state index in [-0.39, 0.29) is 17.4 Å². The molecule has 2 heterocycles. The third-order valence-corrected chi connectivity index (χ3v) is 3.06. The summed E-state index contributed by atoms with van der Waals surface area (Å²) in [5, 5.41) is 0. The normalized spacial score (nSPS) is 10.9. The molecule has 2 N–H and O–H groups in total. The molecule has 0 radical (unpaired) electrons. The van der Waals surface area contributed by atoms with E-state index in [0.717, 1.165) is 10.1 Å². The van der Waals surface area contributed by atoms with Crippen molar-refractivity contribution in [2.45, 2.75) is 26.8 Å². The molecule has 0 aliphatic heterocycles. The van der Waals surface area contributed by atoms with Gasteiger partial charge in [0.2, 0.25) is 0 Å². The number of carbonyl (C=O) groups is 1. The van der Waals surface area contributed by atoms with Crippen molar-refractivity contribution in [1.29, 1.82) is 0 Å². The highest BCUT2D eigenvalue weighted by Gasteiger charge is 2.18. The summed E-state index contributed by atoms with van der Waals surface area (Å²) in [7, 11) is 0. The minimum atomic E-state index is -0.879. The average molecular weight is 288 g/mol. The molecule has 21 heavy (non-hydrogen) atoms. The molecule has 7 nitrogen and oxygen atoms in total. The molecule has 0 saturated heterocycles. The molecule has 0 aliphatic carbocycles. The van der Waals surface area contributed by atoms with Gasteiger partial charge in [-0.1, -0.05) is 6.07 Å². The molecule has 2 rings (SSSR count). The lowest BCUT2D eigenvalue weighted by Gasteiger charge is -2.14. The molecule has 2 aromatic heterocycles. The second kappa shape index (κ2) is 5.35. The molecule has 0 unspecified atom stereocenters. The van der Waals surface area contributed by atoms with Crippen molar-refractivity contribution in [2.24, 2.45) is 5.73 Å². The number of hydrogen-bond donors (Lipinski definition) is 1. The Bertz CT molecular complexity index is 800. The van der Waals surface area contributed by atoms with Gasteiger partial charge in [0.05, 0.1) is 0 Å². The lowest BCUT2D eigenvalue weighted by Crippen LogP contribution is -2.43. The molecule has 110 valence electrons. The summed E-state index contributed by atoms with van der Waals surface area (Å²) in [6, 6.07) is 3.05. The van der Waals surface area contributed by atoms with Crippen LogP contribution in [0.25, 0.3) is 5.82 Å². The smallest absolute Gasteiger partial charge is 0.337 e. The fourth-order valence-electron chi connectivity index (χ4n) is 1.91. The summed E-state index contributed by atoms with van der Waals surface area (Å²) in [6.45, 7) is 5.37. The molecule has 0 aromatic carbocycles. The number of nitrogens with two attached hydrogens (primary N) is 1. The highest BCUT2D eigenvalue weighted by Crippen LogP contribution is 2.04. The largest absolute Gasteiger partial charge is 0.365 e. The van der Waals surface area contributed by atoms with Gasteiger partial charge in [-0.15, -0.1) is 0 Å². The Morgan fingerprint density at radius 2 is 1.95 bits per heavy atom. The Morgan fingerprint density at radius 1 is 1.29 bits per heavy atom. The Morgan fingerprint density at radius 3 is 2.43 bits per heavy atom. The van der Waals surface area contributed by atoms with Crippen LogP contribution in [-0.2, 0) is 0 Å². The maximum Gasteiger partial charge on any atom is 0.337 e. The van der Waals surface area contributed by atoms with Gasteiger partial charge in [-0.25, -0.2) is 14.3 Å². The summed E-state index contributed by atoms with van der Waals surface area (Å²) < 4.78 is 2.14. The summed E-state index contributed by atoms with van der Waals surface area (Å²) in [6.07, 6.45) is 2.74. The van der Waals surface area contributed by atoms with Crippen LogP contribution >= 0.6 is 0 Å². The first kappa shape index (κ1) is 14.7. The summed E-state index contributed by atoms with van der Waals surface area (Å²) >= 11 is 0. The molecule has 0 spiro atoms. The standard InChI is InChI=1S/C14H16N4O3/c1-8(2)17-7-10(12(15)19)13(20)18(14(17)21)11-5-4-9(3)6-16-11/h4-8H,1-3H3,(H2,15,19). The number of pyridine rings is 1. The van der Waals surface area contributed by atoms with Gasteiger partial charge < -0.3 is 5.73 Å². The maximum absolute atomic E-state index is 12.4. The topological polar surface area (TPSA) is 100.0 Å². The summed E-state index contributed by atoms with van der Waals surface area (Å²) in [5.74, 6) is -0.719. The van der Waals surface area contributed by atoms with E-state index >= 15 is 0 Å². The third kappa shape index (κ3) is 2.62. The van der Waals surface area contributed by atoms with Crippen LogP contribution in [0, 0.1) is 6.92 Å². The van der Waals surface area contributed by atoms with Gasteiger partial charge in [0.1, 0.15) is 11.4 Å². The number of nitrogens with zero attached hydrogens (tertiary/aromatic N) is 3. The molecule has 1 amide bonds. The second-order valence-electron chi connectivity index (χ2n) is 5.02. The van der Waals surface area contributed by atoms with E-state index in [1.54, 1.807) is 26.0 Å². The minimum absolute atomic E-state index is 0.160. The van der Waals surface area contributed by atoms with Crippen LogP contribution in [0.4, 0.5) is 0 Å². The Balaban J connectivity index is 2.87. The van der Waals surface area contributed by atoms with E-state index in [0.29, 0.717) is 0 Å². The van der Waals surface area contributed by atoms with Crippen LogP contribution in [0.15, 0.2) is 34.1 Å². The molecular weight excluding hydrogens is 272 g/mol. The van der Waals surface area contributed by atoms with E-state index < -0.39 is 17.2 Å².